The van der Waals surface area contributed by atoms with Crippen molar-refractivity contribution in [3.63, 3.8) is 0 Å². The van der Waals surface area contributed by atoms with Crippen LogP contribution in [0.25, 0.3) is 0 Å². The van der Waals surface area contributed by atoms with Crippen LogP contribution in [0.2, 0.25) is 20.1 Å². The third kappa shape index (κ3) is 7.83. The summed E-state index contributed by atoms with van der Waals surface area (Å²) < 4.78 is 28.6. The molecule has 0 aliphatic heterocycles. The van der Waals surface area contributed by atoms with Crippen molar-refractivity contribution in [1.82, 2.24) is 10.2 Å². The quantitative estimate of drug-likeness (QED) is 0.248. The zero-order valence-corrected chi connectivity index (χ0v) is 25.9. The normalized spacial score (nSPS) is 12.9. The molecule has 12 heteroatoms. The molecule has 40 heavy (non-hydrogen) atoms. The van der Waals surface area contributed by atoms with Gasteiger partial charge in [-0.15, -0.1) is 0 Å². The van der Waals surface area contributed by atoms with E-state index in [-0.39, 0.29) is 33.2 Å². The Labute approximate surface area is 255 Å². The van der Waals surface area contributed by atoms with Gasteiger partial charge in [0.25, 0.3) is 10.0 Å². The Morgan fingerprint density at radius 1 is 0.875 bits per heavy atom. The van der Waals surface area contributed by atoms with Gasteiger partial charge in [0.2, 0.25) is 11.8 Å². The van der Waals surface area contributed by atoms with Crippen LogP contribution in [0.5, 0.6) is 0 Å². The molecule has 7 nitrogen and oxygen atoms in total. The number of halogens is 4. The van der Waals surface area contributed by atoms with Crippen LogP contribution in [0.15, 0.2) is 71.6 Å². The third-order valence-corrected chi connectivity index (χ3v) is 9.24. The highest BCUT2D eigenvalue weighted by atomic mass is 35.5. The zero-order chi connectivity index (χ0) is 29.6. The Balaban J connectivity index is 2.09. The molecule has 214 valence electrons. The molecule has 0 aromatic heterocycles. The molecule has 0 heterocycles. The first-order chi connectivity index (χ1) is 18.8. The number of benzene rings is 3. The molecule has 0 fully saturated rings. The van der Waals surface area contributed by atoms with Gasteiger partial charge in [0.05, 0.1) is 10.6 Å². The lowest BCUT2D eigenvalue weighted by Crippen LogP contribution is -2.52. The molecule has 0 saturated carbocycles. The second kappa shape index (κ2) is 13.9. The van der Waals surface area contributed by atoms with Gasteiger partial charge in [-0.3, -0.25) is 13.9 Å². The van der Waals surface area contributed by atoms with Crippen LogP contribution in [-0.2, 0) is 26.2 Å². The van der Waals surface area contributed by atoms with Crippen LogP contribution in [0.3, 0.4) is 0 Å². The summed E-state index contributed by atoms with van der Waals surface area (Å²) in [6.45, 7) is 4.54. The van der Waals surface area contributed by atoms with E-state index < -0.39 is 34.4 Å². The summed E-state index contributed by atoms with van der Waals surface area (Å²) in [4.78, 5) is 28.3. The Morgan fingerprint density at radius 2 is 1.45 bits per heavy atom. The average Bonchev–Trinajstić information content (AvgIpc) is 2.90. The number of nitrogens with zero attached hydrogens (tertiary/aromatic N) is 2. The average molecular weight is 645 g/mol. The van der Waals surface area contributed by atoms with E-state index in [0.29, 0.717) is 22.0 Å². The standard InChI is InChI=1S/C28H29Cl4N3O4S/c1-4-18(2)33-28(37)19(3)34(16-24-25(31)11-8-12-26(24)32)27(36)17-35(22-14-20(29)13-21(30)15-22)40(38,39)23-9-6-5-7-10-23/h5-15,18-19H,4,16-17H2,1-3H3,(H,33,37). The molecule has 0 aliphatic rings. The van der Waals surface area contributed by atoms with Gasteiger partial charge < -0.3 is 10.2 Å². The number of amides is 2. The fourth-order valence-electron chi connectivity index (χ4n) is 3.83. The van der Waals surface area contributed by atoms with E-state index in [1.54, 1.807) is 43.3 Å². The number of nitrogens with one attached hydrogen (secondary N) is 1. The van der Waals surface area contributed by atoms with Crippen LogP contribution in [0, 0.1) is 0 Å². The second-order valence-electron chi connectivity index (χ2n) is 9.17. The first kappa shape index (κ1) is 32.0. The van der Waals surface area contributed by atoms with Crippen LogP contribution < -0.4 is 9.62 Å². The van der Waals surface area contributed by atoms with Gasteiger partial charge in [-0.25, -0.2) is 8.42 Å². The van der Waals surface area contributed by atoms with Crippen molar-refractivity contribution in [1.29, 1.82) is 0 Å². The SMILES string of the molecule is CCC(C)NC(=O)C(C)N(Cc1c(Cl)cccc1Cl)C(=O)CN(c1cc(Cl)cc(Cl)c1)S(=O)(=O)c1ccccc1. The van der Waals surface area contributed by atoms with Crippen molar-refractivity contribution in [2.24, 2.45) is 0 Å². The van der Waals surface area contributed by atoms with E-state index in [2.05, 4.69) is 5.32 Å². The fourth-order valence-corrected chi connectivity index (χ4v) is 6.28. The molecule has 3 aromatic carbocycles. The van der Waals surface area contributed by atoms with Gasteiger partial charge in [0, 0.05) is 38.2 Å². The van der Waals surface area contributed by atoms with Crippen LogP contribution in [0.4, 0.5) is 5.69 Å². The van der Waals surface area contributed by atoms with Crippen molar-refractivity contribution >= 4 is 73.9 Å². The second-order valence-corrected chi connectivity index (χ2v) is 12.7. The number of anilines is 1. The van der Waals surface area contributed by atoms with Crippen LogP contribution in [0.1, 0.15) is 32.8 Å². The van der Waals surface area contributed by atoms with E-state index in [0.717, 1.165) is 4.31 Å². The summed E-state index contributed by atoms with van der Waals surface area (Å²) in [6.07, 6.45) is 0.682. The molecule has 0 spiro atoms. The molecule has 0 radical (unpaired) electrons. The van der Waals surface area contributed by atoms with E-state index in [1.807, 2.05) is 13.8 Å². The highest BCUT2D eigenvalue weighted by Gasteiger charge is 2.33. The molecule has 0 saturated heterocycles. The molecule has 2 amide bonds. The summed E-state index contributed by atoms with van der Waals surface area (Å²) in [5.41, 5.74) is 0.507. The van der Waals surface area contributed by atoms with Gasteiger partial charge in [0.15, 0.2) is 0 Å². The number of hydrogen-bond donors (Lipinski definition) is 1. The molecule has 2 atom stereocenters. The topological polar surface area (TPSA) is 86.8 Å². The summed E-state index contributed by atoms with van der Waals surface area (Å²) in [7, 11) is -4.26. The van der Waals surface area contributed by atoms with E-state index in [9.17, 15) is 18.0 Å². The van der Waals surface area contributed by atoms with E-state index in [1.165, 1.54) is 35.2 Å². The minimum Gasteiger partial charge on any atom is -0.352 e. The Hall–Kier alpha value is -2.49. The van der Waals surface area contributed by atoms with Crippen molar-refractivity contribution in [2.75, 3.05) is 10.8 Å². The fraction of sp³-hybridized carbons (Fsp3) is 0.286. The van der Waals surface area contributed by atoms with Crippen molar-refractivity contribution < 1.29 is 18.0 Å². The predicted octanol–water partition coefficient (Wildman–Crippen LogP) is 6.83. The van der Waals surface area contributed by atoms with Gasteiger partial charge >= 0.3 is 0 Å². The highest BCUT2D eigenvalue weighted by Crippen LogP contribution is 2.31. The smallest absolute Gasteiger partial charge is 0.264 e. The maximum absolute atomic E-state index is 14.0. The maximum Gasteiger partial charge on any atom is 0.264 e. The number of carbonyl (C=O) groups is 2. The lowest BCUT2D eigenvalue weighted by Gasteiger charge is -2.33. The van der Waals surface area contributed by atoms with Crippen LogP contribution in [-0.4, -0.2) is 43.8 Å². The Morgan fingerprint density at radius 3 is 2.00 bits per heavy atom. The molecule has 3 rings (SSSR count). The third-order valence-electron chi connectivity index (χ3n) is 6.30. The number of carbonyl (C=O) groups excluding carboxylic acids is 2. The predicted molar refractivity (Wildman–Crippen MR) is 162 cm³/mol. The molecule has 3 aromatic rings. The lowest BCUT2D eigenvalue weighted by atomic mass is 10.1. The highest BCUT2D eigenvalue weighted by molar-refractivity contribution is 7.92. The molecule has 0 aliphatic carbocycles. The number of rotatable bonds is 11. The largest absolute Gasteiger partial charge is 0.352 e. The van der Waals surface area contributed by atoms with Gasteiger partial charge in [-0.2, -0.15) is 0 Å². The van der Waals surface area contributed by atoms with Crippen molar-refractivity contribution in [3.05, 3.63) is 92.4 Å². The minimum absolute atomic E-state index is 0.0397. The van der Waals surface area contributed by atoms with Gasteiger partial charge in [-0.1, -0.05) is 77.6 Å². The van der Waals surface area contributed by atoms with Crippen LogP contribution >= 0.6 is 46.4 Å². The Kier molecular flexibility index (Phi) is 11.1. The summed E-state index contributed by atoms with van der Waals surface area (Å²) in [5.74, 6) is -1.08. The Bertz CT molecular complexity index is 1430. The zero-order valence-electron chi connectivity index (χ0n) is 22.1. The molecule has 1 N–H and O–H groups in total. The lowest BCUT2D eigenvalue weighted by molar-refractivity contribution is -0.139. The first-order valence-electron chi connectivity index (χ1n) is 12.4. The summed E-state index contributed by atoms with van der Waals surface area (Å²) in [5, 5.41) is 3.84. The molecule has 0 bridgehead atoms. The maximum atomic E-state index is 14.0. The minimum atomic E-state index is -4.26. The first-order valence-corrected chi connectivity index (χ1v) is 15.4. The van der Waals surface area contributed by atoms with E-state index in [4.69, 9.17) is 46.4 Å². The molecular weight excluding hydrogens is 616 g/mol. The van der Waals surface area contributed by atoms with Gasteiger partial charge in [0.1, 0.15) is 12.6 Å². The van der Waals surface area contributed by atoms with E-state index >= 15 is 0 Å². The monoisotopic (exact) mass is 643 g/mol. The number of hydrogen-bond acceptors (Lipinski definition) is 4. The molecular formula is C28H29Cl4N3O4S. The van der Waals surface area contributed by atoms with Crippen molar-refractivity contribution in [2.45, 2.75) is 50.7 Å². The number of sulfonamides is 1. The summed E-state index contributed by atoms with van der Waals surface area (Å²) >= 11 is 25.2. The van der Waals surface area contributed by atoms with Gasteiger partial charge in [-0.05, 0) is 62.7 Å². The molecule has 2 unspecified atom stereocenters. The van der Waals surface area contributed by atoms with Crippen molar-refractivity contribution in [3.8, 4) is 0 Å². The summed E-state index contributed by atoms with van der Waals surface area (Å²) in [6, 6.07) is 15.7.